The summed E-state index contributed by atoms with van der Waals surface area (Å²) in [6, 6.07) is 0. The molecule has 1 radical (unpaired) electrons. The van der Waals surface area contributed by atoms with E-state index in [1.807, 2.05) is 13.8 Å². The predicted octanol–water partition coefficient (Wildman–Crippen LogP) is 2.16. The molecule has 1 aliphatic rings. The van der Waals surface area contributed by atoms with Crippen molar-refractivity contribution in [2.24, 2.45) is 0 Å². The van der Waals surface area contributed by atoms with Crippen LogP contribution in [-0.4, -0.2) is 16.2 Å². The Bertz CT molecular complexity index is 297. The number of carbonyl (C=O) groups excluding carboxylic acids is 1. The maximum absolute atomic E-state index is 10.6. The molecule has 0 bridgehead atoms. The van der Waals surface area contributed by atoms with Gasteiger partial charge in [-0.05, 0) is 18.0 Å². The minimum Gasteiger partial charge on any atom is -0.662 e. The molecule has 5 nitrogen and oxygen atoms in total. The third-order valence-corrected chi connectivity index (χ3v) is 1.69. The molecule has 1 aliphatic carbocycles. The summed E-state index contributed by atoms with van der Waals surface area (Å²) in [5.41, 5.74) is 7.43. The Hall–Kier alpha value is -0.728. The van der Waals surface area contributed by atoms with Crippen LogP contribution in [0.3, 0.4) is 0 Å². The van der Waals surface area contributed by atoms with Crippen molar-refractivity contribution in [1.29, 1.82) is 0 Å². The van der Waals surface area contributed by atoms with Gasteiger partial charge >= 0.3 is 0 Å². The van der Waals surface area contributed by atoms with Crippen LogP contribution in [-0.2, 0) is 20.4 Å². The number of amides is 1. The van der Waals surface area contributed by atoms with E-state index >= 15 is 0 Å². The molecule has 14 heavy (non-hydrogen) atoms. The van der Waals surface area contributed by atoms with Gasteiger partial charge in [0.25, 0.3) is 0 Å². The maximum Gasteiger partial charge on any atom is 0.155 e. The van der Waals surface area contributed by atoms with Gasteiger partial charge in [0.15, 0.2) is 5.69 Å². The average Bonchev–Trinajstić information content (AvgIpc) is 2.86. The van der Waals surface area contributed by atoms with Crippen molar-refractivity contribution >= 4 is 5.91 Å². The molecule has 1 N–H and O–H groups in total. The summed E-state index contributed by atoms with van der Waals surface area (Å²) < 4.78 is 4.37. The Labute approximate surface area is 96.0 Å². The summed E-state index contributed by atoms with van der Waals surface area (Å²) in [5.74, 6) is -0.501. The van der Waals surface area contributed by atoms with Crippen LogP contribution in [0, 0.1) is 0 Å². The second-order valence-corrected chi connectivity index (χ2v) is 2.60. The molecule has 79 valence electrons. The van der Waals surface area contributed by atoms with Gasteiger partial charge in [0.05, 0.1) is 0 Å². The van der Waals surface area contributed by atoms with Crippen LogP contribution in [0.4, 0.5) is 0 Å². The molecule has 0 aromatic carbocycles. The number of hydrogen-bond acceptors (Lipinski definition) is 4. The Balaban J connectivity index is 0.000000531. The number of nitrogens with one attached hydrogen (secondary N) is 1. The number of nitrogens with zero attached hydrogens (tertiary/aromatic N) is 2. The Morgan fingerprint density at radius 1 is 1.43 bits per heavy atom. The van der Waals surface area contributed by atoms with Gasteiger partial charge in [-0.2, -0.15) is 0 Å². The van der Waals surface area contributed by atoms with Gasteiger partial charge in [0, 0.05) is 26.3 Å². The van der Waals surface area contributed by atoms with Crippen LogP contribution in [0.2, 0.25) is 0 Å². The summed E-state index contributed by atoms with van der Waals surface area (Å²) in [7, 11) is 0. The Morgan fingerprint density at radius 3 is 2.43 bits per heavy atom. The number of carbonyl (C=O) groups is 1. The fraction of sp³-hybridized carbons (Fsp3) is 0.625. The Kier molecular flexibility index (Phi) is 5.58. The van der Waals surface area contributed by atoms with Gasteiger partial charge in [0.2, 0.25) is 0 Å². The maximum atomic E-state index is 10.6. The molecule has 0 aliphatic heterocycles. The fourth-order valence-electron chi connectivity index (χ4n) is 0.978. The summed E-state index contributed by atoms with van der Waals surface area (Å²) >= 11 is 0. The van der Waals surface area contributed by atoms with Crippen LogP contribution in [0.25, 0.3) is 5.73 Å². The van der Waals surface area contributed by atoms with Crippen molar-refractivity contribution in [2.75, 3.05) is 0 Å². The average molecular weight is 368 g/mol. The van der Waals surface area contributed by atoms with Crippen LogP contribution >= 0.6 is 0 Å². The SMILES string of the molecule is CC.[NH-]C(=O)c1nonc1C1CC1.[Re]. The summed E-state index contributed by atoms with van der Waals surface area (Å²) in [6.45, 7) is 4.00. The fourth-order valence-corrected chi connectivity index (χ4v) is 0.978. The molecule has 1 fully saturated rings. The largest absolute Gasteiger partial charge is 0.662 e. The molecule has 0 unspecified atom stereocenters. The van der Waals surface area contributed by atoms with Gasteiger partial charge in [-0.3, -0.25) is 0 Å². The van der Waals surface area contributed by atoms with Crippen molar-refractivity contribution in [2.45, 2.75) is 32.6 Å². The third kappa shape index (κ3) is 2.89. The molecule has 1 saturated carbocycles. The zero-order valence-electron chi connectivity index (χ0n) is 8.08. The molecule has 0 atom stereocenters. The van der Waals surface area contributed by atoms with E-state index in [-0.39, 0.29) is 26.1 Å². The second kappa shape index (κ2) is 5.89. The van der Waals surface area contributed by atoms with Crippen molar-refractivity contribution in [3.63, 3.8) is 0 Å². The zero-order chi connectivity index (χ0) is 9.84. The van der Waals surface area contributed by atoms with E-state index in [2.05, 4.69) is 14.9 Å². The molecule has 1 amide bonds. The van der Waals surface area contributed by atoms with Crippen LogP contribution in [0.5, 0.6) is 0 Å². The van der Waals surface area contributed by atoms with E-state index in [4.69, 9.17) is 5.73 Å². The van der Waals surface area contributed by atoms with E-state index in [1.54, 1.807) is 0 Å². The molecule has 1 aromatic heterocycles. The van der Waals surface area contributed by atoms with Crippen LogP contribution < -0.4 is 0 Å². The van der Waals surface area contributed by atoms with Crippen molar-refractivity contribution in [3.8, 4) is 0 Å². The second-order valence-electron chi connectivity index (χ2n) is 2.60. The minimum absolute atomic E-state index is 0. The van der Waals surface area contributed by atoms with E-state index in [0.29, 0.717) is 11.6 Å². The summed E-state index contributed by atoms with van der Waals surface area (Å²) in [6.07, 6.45) is 2.04. The van der Waals surface area contributed by atoms with E-state index < -0.39 is 5.91 Å². The van der Waals surface area contributed by atoms with Gasteiger partial charge in [0.1, 0.15) is 11.6 Å². The molecule has 1 aromatic rings. The third-order valence-electron chi connectivity index (χ3n) is 1.69. The molecule has 0 saturated heterocycles. The predicted molar refractivity (Wildman–Crippen MR) is 46.3 cm³/mol. The molecule has 2 rings (SSSR count). The van der Waals surface area contributed by atoms with Crippen LogP contribution in [0.15, 0.2) is 4.63 Å². The number of aromatic nitrogens is 2. The zero-order valence-corrected chi connectivity index (χ0v) is 10.8. The molecular weight excluding hydrogens is 356 g/mol. The van der Waals surface area contributed by atoms with Gasteiger partial charge in [-0.25, -0.2) is 4.63 Å². The summed E-state index contributed by atoms with van der Waals surface area (Å²) in [5, 5.41) is 6.93. The number of rotatable bonds is 2. The summed E-state index contributed by atoms with van der Waals surface area (Å²) in [4.78, 5) is 10.6. The van der Waals surface area contributed by atoms with Crippen LogP contribution in [0.1, 0.15) is 48.8 Å². The van der Waals surface area contributed by atoms with Crippen molar-refractivity contribution in [3.05, 3.63) is 17.1 Å². The first-order valence-electron chi connectivity index (χ1n) is 4.37. The quantitative estimate of drug-likeness (QED) is 0.801. The molecule has 6 heteroatoms. The van der Waals surface area contributed by atoms with E-state index in [9.17, 15) is 4.79 Å². The monoisotopic (exact) mass is 369 g/mol. The van der Waals surface area contributed by atoms with Crippen molar-refractivity contribution < 1.29 is 29.8 Å². The van der Waals surface area contributed by atoms with E-state index in [0.717, 1.165) is 12.8 Å². The molecule has 0 spiro atoms. The van der Waals surface area contributed by atoms with E-state index in [1.165, 1.54) is 0 Å². The first-order chi connectivity index (χ1) is 6.29. The smallest absolute Gasteiger partial charge is 0.155 e. The normalized spacial score (nSPS) is 13.6. The first-order valence-corrected chi connectivity index (χ1v) is 4.37. The number of hydrogen-bond donors (Lipinski definition) is 0. The molecule has 1 heterocycles. The van der Waals surface area contributed by atoms with Gasteiger partial charge < -0.3 is 10.5 Å². The minimum atomic E-state index is -0.812. The Morgan fingerprint density at radius 2 is 2.00 bits per heavy atom. The topological polar surface area (TPSA) is 79.8 Å². The van der Waals surface area contributed by atoms with Gasteiger partial charge in [-0.1, -0.05) is 19.0 Å². The molecular formula is C8H12N3O2Re-. The first kappa shape index (κ1) is 13.3. The standard InChI is InChI=1S/C6H7N3O2.C2H6.Re/c7-6(10)5-4(3-1-2-3)8-11-9-5;1-2;/h3H,1-2H2,(H2,7,10);1-2H3;/p-1. The van der Waals surface area contributed by atoms with Crippen molar-refractivity contribution in [1.82, 2.24) is 10.3 Å². The van der Waals surface area contributed by atoms with Gasteiger partial charge in [-0.15, -0.1) is 0 Å².